The predicted octanol–water partition coefficient (Wildman–Crippen LogP) is 2.67. The molecule has 0 radical (unpaired) electrons. The number of unbranched alkanes of at least 4 members (excludes halogenated alkanes) is 8. The van der Waals surface area contributed by atoms with Crippen molar-refractivity contribution in [3.63, 3.8) is 0 Å². The molecule has 1 rings (SSSR count). The van der Waals surface area contributed by atoms with Crippen LogP contribution in [0.3, 0.4) is 0 Å². The van der Waals surface area contributed by atoms with Crippen LogP contribution in [0.4, 0.5) is 0 Å². The lowest BCUT2D eigenvalue weighted by atomic mass is 10.1. The van der Waals surface area contributed by atoms with E-state index in [1.54, 1.807) is 0 Å². The molecule has 0 unspecified atom stereocenters. The van der Waals surface area contributed by atoms with E-state index in [1.807, 2.05) is 0 Å². The Bertz CT molecular complexity index is 466. The molecule has 0 saturated carbocycles. The summed E-state index contributed by atoms with van der Waals surface area (Å²) in [6.07, 6.45) is 7.62. The number of ether oxygens (including phenoxy) is 3. The lowest BCUT2D eigenvalue weighted by molar-refractivity contribution is -0.169. The molecule has 1 saturated heterocycles. The molecular weight excluding hydrogens is 364 g/mol. The van der Waals surface area contributed by atoms with E-state index < -0.39 is 43.0 Å². The van der Waals surface area contributed by atoms with Gasteiger partial charge in [0, 0.05) is 12.5 Å². The van der Waals surface area contributed by atoms with E-state index in [0.717, 1.165) is 25.3 Å². The standard InChI is InChI=1S/C21H36O7/c1-3-5-6-7-8-9-10-11-12-13-19(25)27-17(14-22)21-20(16(23)15-26-21)28-18(24)4-2/h4,16-17,20-23H,2-3,5-15H2,1H3/t16-,17+,20+,21+/m0/s1. The molecule has 7 heteroatoms. The van der Waals surface area contributed by atoms with Gasteiger partial charge in [-0.05, 0) is 6.42 Å². The van der Waals surface area contributed by atoms with E-state index in [1.165, 1.54) is 38.5 Å². The Labute approximate surface area is 168 Å². The SMILES string of the molecule is C=CC(=O)O[C@H]1[C@@H]([C@@H](CO)OC(=O)CCCCCCCCCCC)OC[C@@H]1O. The first-order valence-electron chi connectivity index (χ1n) is 10.5. The van der Waals surface area contributed by atoms with Crippen molar-refractivity contribution in [2.45, 2.75) is 95.5 Å². The number of aliphatic hydroxyl groups excluding tert-OH is 2. The molecule has 28 heavy (non-hydrogen) atoms. The van der Waals surface area contributed by atoms with Crippen LogP contribution >= 0.6 is 0 Å². The van der Waals surface area contributed by atoms with Crippen molar-refractivity contribution in [3.05, 3.63) is 12.7 Å². The molecule has 162 valence electrons. The van der Waals surface area contributed by atoms with Gasteiger partial charge < -0.3 is 24.4 Å². The highest BCUT2D eigenvalue weighted by Gasteiger charge is 2.44. The third-order valence-corrected chi connectivity index (χ3v) is 4.90. The minimum atomic E-state index is -1.04. The van der Waals surface area contributed by atoms with Gasteiger partial charge in [0.15, 0.2) is 12.2 Å². The summed E-state index contributed by atoms with van der Waals surface area (Å²) in [4.78, 5) is 23.5. The third kappa shape index (κ3) is 9.17. The Morgan fingerprint density at radius 3 is 2.32 bits per heavy atom. The van der Waals surface area contributed by atoms with Gasteiger partial charge in [0.05, 0.1) is 13.2 Å². The number of aliphatic hydroxyl groups is 2. The first-order chi connectivity index (χ1) is 13.5. The summed E-state index contributed by atoms with van der Waals surface area (Å²) in [5.74, 6) is -1.14. The first-order valence-corrected chi connectivity index (χ1v) is 10.5. The van der Waals surface area contributed by atoms with Gasteiger partial charge in [-0.1, -0.05) is 64.9 Å². The molecule has 0 spiro atoms. The molecule has 0 aromatic rings. The summed E-state index contributed by atoms with van der Waals surface area (Å²) >= 11 is 0. The molecule has 4 atom stereocenters. The van der Waals surface area contributed by atoms with E-state index >= 15 is 0 Å². The minimum absolute atomic E-state index is 0.0634. The van der Waals surface area contributed by atoms with Gasteiger partial charge in [-0.25, -0.2) is 4.79 Å². The zero-order valence-corrected chi connectivity index (χ0v) is 17.0. The van der Waals surface area contributed by atoms with Crippen molar-refractivity contribution in [3.8, 4) is 0 Å². The van der Waals surface area contributed by atoms with Gasteiger partial charge in [0.25, 0.3) is 0 Å². The van der Waals surface area contributed by atoms with Gasteiger partial charge in [0.2, 0.25) is 0 Å². The van der Waals surface area contributed by atoms with Crippen molar-refractivity contribution >= 4 is 11.9 Å². The number of hydrogen-bond acceptors (Lipinski definition) is 7. The van der Waals surface area contributed by atoms with Crippen molar-refractivity contribution in [2.75, 3.05) is 13.2 Å². The average molecular weight is 401 g/mol. The number of carbonyl (C=O) groups is 2. The molecule has 0 amide bonds. The number of esters is 2. The Kier molecular flexibility index (Phi) is 12.8. The Morgan fingerprint density at radius 1 is 1.14 bits per heavy atom. The molecule has 1 aliphatic rings. The highest BCUT2D eigenvalue weighted by atomic mass is 16.6. The third-order valence-electron chi connectivity index (χ3n) is 4.90. The molecule has 2 N–H and O–H groups in total. The fraction of sp³-hybridized carbons (Fsp3) is 0.810. The summed E-state index contributed by atoms with van der Waals surface area (Å²) in [5.41, 5.74) is 0. The van der Waals surface area contributed by atoms with E-state index in [9.17, 15) is 19.8 Å². The van der Waals surface area contributed by atoms with Gasteiger partial charge in [-0.15, -0.1) is 0 Å². The molecule has 0 bridgehead atoms. The summed E-state index contributed by atoms with van der Waals surface area (Å²) in [6, 6.07) is 0. The fourth-order valence-corrected chi connectivity index (χ4v) is 3.28. The maximum atomic E-state index is 12.1. The van der Waals surface area contributed by atoms with Crippen molar-refractivity contribution < 1.29 is 34.0 Å². The average Bonchev–Trinajstić information content (AvgIpc) is 3.04. The topological polar surface area (TPSA) is 102 Å². The highest BCUT2D eigenvalue weighted by Crippen LogP contribution is 2.23. The van der Waals surface area contributed by atoms with Crippen molar-refractivity contribution in [1.82, 2.24) is 0 Å². The van der Waals surface area contributed by atoms with Crippen LogP contribution in [0.1, 0.15) is 71.1 Å². The Hall–Kier alpha value is -1.44. The second kappa shape index (κ2) is 14.5. The normalized spacial score (nSPS) is 22.6. The molecule has 7 nitrogen and oxygen atoms in total. The fourth-order valence-electron chi connectivity index (χ4n) is 3.28. The zero-order chi connectivity index (χ0) is 20.8. The lowest BCUT2D eigenvalue weighted by Crippen LogP contribution is -2.45. The zero-order valence-electron chi connectivity index (χ0n) is 17.0. The summed E-state index contributed by atoms with van der Waals surface area (Å²) in [6.45, 7) is 4.96. The molecule has 0 aromatic heterocycles. The van der Waals surface area contributed by atoms with Gasteiger partial charge >= 0.3 is 11.9 Å². The molecule has 1 fully saturated rings. The van der Waals surface area contributed by atoms with Crippen molar-refractivity contribution in [1.29, 1.82) is 0 Å². The summed E-state index contributed by atoms with van der Waals surface area (Å²) < 4.78 is 15.8. The van der Waals surface area contributed by atoms with Gasteiger partial charge in [0.1, 0.15) is 12.2 Å². The summed E-state index contributed by atoms with van der Waals surface area (Å²) in [7, 11) is 0. The van der Waals surface area contributed by atoms with Crippen LogP contribution in [0.15, 0.2) is 12.7 Å². The summed E-state index contributed by atoms with van der Waals surface area (Å²) in [5, 5.41) is 19.5. The largest absolute Gasteiger partial charge is 0.457 e. The van der Waals surface area contributed by atoms with Gasteiger partial charge in [-0.2, -0.15) is 0 Å². The molecule has 0 aliphatic carbocycles. The maximum absolute atomic E-state index is 12.1. The van der Waals surface area contributed by atoms with Crippen LogP contribution in [0, 0.1) is 0 Å². The van der Waals surface area contributed by atoms with E-state index in [2.05, 4.69) is 13.5 Å². The van der Waals surface area contributed by atoms with E-state index in [0.29, 0.717) is 0 Å². The number of hydrogen-bond donors (Lipinski definition) is 2. The second-order valence-electron chi connectivity index (χ2n) is 7.26. The van der Waals surface area contributed by atoms with Crippen molar-refractivity contribution in [2.24, 2.45) is 0 Å². The van der Waals surface area contributed by atoms with E-state index in [4.69, 9.17) is 14.2 Å². The van der Waals surface area contributed by atoms with Crippen LogP contribution < -0.4 is 0 Å². The monoisotopic (exact) mass is 400 g/mol. The first kappa shape index (κ1) is 24.6. The Balaban J connectivity index is 2.28. The minimum Gasteiger partial charge on any atom is -0.457 e. The maximum Gasteiger partial charge on any atom is 0.330 e. The van der Waals surface area contributed by atoms with Gasteiger partial charge in [-0.3, -0.25) is 4.79 Å². The predicted molar refractivity (Wildman–Crippen MR) is 105 cm³/mol. The van der Waals surface area contributed by atoms with Crippen LogP contribution in [-0.4, -0.2) is 59.8 Å². The number of rotatable bonds is 15. The van der Waals surface area contributed by atoms with Crippen LogP contribution in [0.5, 0.6) is 0 Å². The van der Waals surface area contributed by atoms with E-state index in [-0.39, 0.29) is 13.0 Å². The molecule has 1 aliphatic heterocycles. The smallest absolute Gasteiger partial charge is 0.330 e. The highest BCUT2D eigenvalue weighted by molar-refractivity contribution is 5.81. The quantitative estimate of drug-likeness (QED) is 0.247. The molecule has 0 aromatic carbocycles. The van der Waals surface area contributed by atoms with Crippen LogP contribution in [-0.2, 0) is 23.8 Å². The second-order valence-corrected chi connectivity index (χ2v) is 7.26. The Morgan fingerprint density at radius 2 is 1.75 bits per heavy atom. The molecular formula is C21H36O7. The molecule has 1 heterocycles. The van der Waals surface area contributed by atoms with Crippen LogP contribution in [0.25, 0.3) is 0 Å². The van der Waals surface area contributed by atoms with Crippen LogP contribution in [0.2, 0.25) is 0 Å². The number of carbonyl (C=O) groups excluding carboxylic acids is 2. The lowest BCUT2D eigenvalue weighted by Gasteiger charge is -2.26.